The average molecular weight is 312 g/mol. The quantitative estimate of drug-likeness (QED) is 0.892. The summed E-state index contributed by atoms with van der Waals surface area (Å²) in [6.45, 7) is 5.30. The van der Waals surface area contributed by atoms with E-state index >= 15 is 0 Å². The number of anilines is 1. The van der Waals surface area contributed by atoms with E-state index in [4.69, 9.17) is 0 Å². The first-order valence-electron chi connectivity index (χ1n) is 8.37. The Morgan fingerprint density at radius 1 is 1.30 bits per heavy atom. The number of amides is 1. The maximum absolute atomic E-state index is 12.5. The molecule has 1 unspecified atom stereocenters. The highest BCUT2D eigenvalue weighted by atomic mass is 16.2. The highest BCUT2D eigenvalue weighted by Gasteiger charge is 2.19. The molecule has 1 aliphatic heterocycles. The largest absolute Gasteiger partial charge is 0.324 e. The Kier molecular flexibility index (Phi) is 5.08. The van der Waals surface area contributed by atoms with Crippen molar-refractivity contribution in [1.82, 2.24) is 14.7 Å². The van der Waals surface area contributed by atoms with E-state index in [1.807, 2.05) is 31.3 Å². The lowest BCUT2D eigenvalue weighted by molar-refractivity contribution is -0.119. The topological polar surface area (TPSA) is 50.2 Å². The first-order valence-corrected chi connectivity index (χ1v) is 8.37. The molecule has 0 aliphatic carbocycles. The smallest absolute Gasteiger partial charge is 0.249 e. The van der Waals surface area contributed by atoms with Gasteiger partial charge in [-0.2, -0.15) is 5.10 Å². The first kappa shape index (κ1) is 15.7. The number of rotatable bonds is 6. The van der Waals surface area contributed by atoms with Gasteiger partial charge >= 0.3 is 0 Å². The third kappa shape index (κ3) is 3.99. The summed E-state index contributed by atoms with van der Waals surface area (Å²) < 4.78 is 1.71. The molecule has 1 fully saturated rings. The van der Waals surface area contributed by atoms with Gasteiger partial charge in [0.1, 0.15) is 6.04 Å². The van der Waals surface area contributed by atoms with Crippen molar-refractivity contribution in [2.75, 3.05) is 18.4 Å². The minimum absolute atomic E-state index is 0.0190. The second-order valence-corrected chi connectivity index (χ2v) is 6.08. The summed E-state index contributed by atoms with van der Waals surface area (Å²) in [7, 11) is 0. The minimum atomic E-state index is -0.271. The van der Waals surface area contributed by atoms with Gasteiger partial charge in [0.2, 0.25) is 5.91 Å². The lowest BCUT2D eigenvalue weighted by atomic mass is 10.1. The maximum atomic E-state index is 12.5. The van der Waals surface area contributed by atoms with Crippen LogP contribution >= 0.6 is 0 Å². The van der Waals surface area contributed by atoms with Crippen molar-refractivity contribution in [3.8, 4) is 0 Å². The first-order chi connectivity index (χ1) is 11.3. The van der Waals surface area contributed by atoms with Crippen molar-refractivity contribution in [1.29, 1.82) is 0 Å². The molecule has 0 bridgehead atoms. The van der Waals surface area contributed by atoms with Crippen LogP contribution < -0.4 is 5.32 Å². The monoisotopic (exact) mass is 312 g/mol. The van der Waals surface area contributed by atoms with Crippen LogP contribution in [0.1, 0.15) is 37.8 Å². The molecule has 1 saturated heterocycles. The molecular formula is C18H24N4O. The van der Waals surface area contributed by atoms with E-state index in [-0.39, 0.29) is 11.9 Å². The van der Waals surface area contributed by atoms with E-state index in [9.17, 15) is 4.79 Å². The third-order valence-corrected chi connectivity index (χ3v) is 4.33. The van der Waals surface area contributed by atoms with Crippen molar-refractivity contribution in [3.63, 3.8) is 0 Å². The number of aromatic nitrogens is 2. The Bertz CT molecular complexity index is 632. The van der Waals surface area contributed by atoms with Crippen LogP contribution in [-0.2, 0) is 11.3 Å². The van der Waals surface area contributed by atoms with E-state index in [1.165, 1.54) is 31.5 Å². The number of carbonyl (C=O) groups excluding carboxylic acids is 1. The molecule has 1 N–H and O–H groups in total. The summed E-state index contributed by atoms with van der Waals surface area (Å²) >= 11 is 0. The minimum Gasteiger partial charge on any atom is -0.324 e. The second-order valence-electron chi connectivity index (χ2n) is 6.08. The molecule has 2 heterocycles. The summed E-state index contributed by atoms with van der Waals surface area (Å²) in [4.78, 5) is 15.0. The zero-order valence-electron chi connectivity index (χ0n) is 13.6. The molecule has 0 saturated carbocycles. The summed E-state index contributed by atoms with van der Waals surface area (Å²) in [5.41, 5.74) is 2.11. The maximum Gasteiger partial charge on any atom is 0.249 e. The Balaban J connectivity index is 1.65. The fraction of sp³-hybridized carbons (Fsp3) is 0.444. The van der Waals surface area contributed by atoms with Gasteiger partial charge < -0.3 is 5.32 Å². The van der Waals surface area contributed by atoms with Gasteiger partial charge in [-0.15, -0.1) is 0 Å². The van der Waals surface area contributed by atoms with E-state index in [2.05, 4.69) is 27.4 Å². The molecule has 1 aromatic heterocycles. The van der Waals surface area contributed by atoms with Crippen molar-refractivity contribution in [2.24, 2.45) is 0 Å². The fourth-order valence-electron chi connectivity index (χ4n) is 3.13. The fourth-order valence-corrected chi connectivity index (χ4v) is 3.13. The molecule has 0 spiro atoms. The third-order valence-electron chi connectivity index (χ3n) is 4.33. The summed E-state index contributed by atoms with van der Waals surface area (Å²) in [5, 5.41) is 7.21. The van der Waals surface area contributed by atoms with Crippen molar-refractivity contribution in [2.45, 2.75) is 38.8 Å². The molecular weight excluding hydrogens is 288 g/mol. The molecule has 1 atom stereocenters. The van der Waals surface area contributed by atoms with Crippen LogP contribution in [0.3, 0.4) is 0 Å². The number of hydrogen-bond acceptors (Lipinski definition) is 3. The summed E-state index contributed by atoms with van der Waals surface area (Å²) in [6, 6.07) is 9.72. The highest BCUT2D eigenvalue weighted by Crippen LogP contribution is 2.18. The normalized spacial score (nSPS) is 16.4. The lowest BCUT2D eigenvalue weighted by Gasteiger charge is -2.17. The second kappa shape index (κ2) is 7.42. The molecule has 2 aromatic rings. The van der Waals surface area contributed by atoms with Gasteiger partial charge in [0.05, 0.1) is 0 Å². The van der Waals surface area contributed by atoms with E-state index < -0.39 is 0 Å². The van der Waals surface area contributed by atoms with E-state index in [1.54, 1.807) is 10.9 Å². The number of nitrogens with zero attached hydrogens (tertiary/aromatic N) is 3. The number of hydrogen-bond donors (Lipinski definition) is 1. The predicted octanol–water partition coefficient (Wildman–Crippen LogP) is 3.07. The van der Waals surface area contributed by atoms with Gasteiger partial charge in [0, 0.05) is 24.6 Å². The van der Waals surface area contributed by atoms with E-state index in [0.29, 0.717) is 6.42 Å². The van der Waals surface area contributed by atoms with Crippen LogP contribution in [0.15, 0.2) is 42.7 Å². The SMILES string of the molecule is CCC(C(=O)Nc1cccc(CN2CCCC2)c1)n1cccn1. The molecule has 3 rings (SSSR count). The number of likely N-dealkylation sites (tertiary alicyclic amines) is 1. The standard InChI is InChI=1S/C18H24N4O/c1-2-17(22-12-6-9-19-22)18(23)20-16-8-5-7-15(13-16)14-21-10-3-4-11-21/h5-9,12-13,17H,2-4,10-11,14H2,1H3,(H,20,23). The molecule has 5 nitrogen and oxygen atoms in total. The molecule has 0 radical (unpaired) electrons. The van der Waals surface area contributed by atoms with Crippen LogP contribution in [0.25, 0.3) is 0 Å². The van der Waals surface area contributed by atoms with E-state index in [0.717, 1.165) is 12.2 Å². The van der Waals surface area contributed by atoms with Gasteiger partial charge in [0.15, 0.2) is 0 Å². The number of nitrogens with one attached hydrogen (secondary N) is 1. The van der Waals surface area contributed by atoms with Crippen LogP contribution in [0.5, 0.6) is 0 Å². The molecule has 1 aliphatic rings. The number of benzene rings is 1. The Morgan fingerprint density at radius 2 is 2.13 bits per heavy atom. The zero-order chi connectivity index (χ0) is 16.1. The molecule has 23 heavy (non-hydrogen) atoms. The van der Waals surface area contributed by atoms with Crippen molar-refractivity contribution in [3.05, 3.63) is 48.3 Å². The zero-order valence-corrected chi connectivity index (χ0v) is 13.6. The summed E-state index contributed by atoms with van der Waals surface area (Å²) in [6.07, 6.45) is 6.82. The summed E-state index contributed by atoms with van der Waals surface area (Å²) in [5.74, 6) is -0.0190. The van der Waals surface area contributed by atoms with Gasteiger partial charge in [0.25, 0.3) is 0 Å². The molecule has 1 amide bonds. The Hall–Kier alpha value is -2.14. The lowest BCUT2D eigenvalue weighted by Crippen LogP contribution is -2.26. The molecule has 122 valence electrons. The Morgan fingerprint density at radius 3 is 2.83 bits per heavy atom. The van der Waals surface area contributed by atoms with Crippen LogP contribution in [0.2, 0.25) is 0 Å². The van der Waals surface area contributed by atoms with Gasteiger partial charge in [-0.3, -0.25) is 14.4 Å². The molecule has 1 aromatic carbocycles. The highest BCUT2D eigenvalue weighted by molar-refractivity contribution is 5.93. The van der Waals surface area contributed by atoms with Crippen LogP contribution in [0.4, 0.5) is 5.69 Å². The average Bonchev–Trinajstić information content (AvgIpc) is 3.22. The van der Waals surface area contributed by atoms with Crippen LogP contribution in [-0.4, -0.2) is 33.7 Å². The van der Waals surface area contributed by atoms with Crippen molar-refractivity contribution < 1.29 is 4.79 Å². The number of carbonyl (C=O) groups is 1. The predicted molar refractivity (Wildman–Crippen MR) is 91.1 cm³/mol. The van der Waals surface area contributed by atoms with Crippen LogP contribution in [0, 0.1) is 0 Å². The van der Waals surface area contributed by atoms with Crippen molar-refractivity contribution >= 4 is 11.6 Å². The molecule has 5 heteroatoms. The van der Waals surface area contributed by atoms with Gasteiger partial charge in [-0.25, -0.2) is 0 Å². The van der Waals surface area contributed by atoms with Gasteiger partial charge in [-0.05, 0) is 56.1 Å². The van der Waals surface area contributed by atoms with Gasteiger partial charge in [-0.1, -0.05) is 19.1 Å². The Labute approximate surface area is 137 Å².